The van der Waals surface area contributed by atoms with Gasteiger partial charge in [-0.25, -0.2) is 12.7 Å². The summed E-state index contributed by atoms with van der Waals surface area (Å²) in [6, 6.07) is 5.07. The lowest BCUT2D eigenvalue weighted by atomic mass is 10.2. The zero-order valence-electron chi connectivity index (χ0n) is 14.7. The molecule has 0 saturated carbocycles. The standard InChI is InChI=1S/C16H18N4O4S3/c1-3-25-16-19-18-15(26-16)17-14(22)12-8-9-13(21)20(12)27(23,24)11-6-4-10(2)5-7-11/h4-7,12H,3,8-9H2,1-2H3,(H,17,18,22)/t12-/m0/s1. The smallest absolute Gasteiger partial charge is 0.267 e. The van der Waals surface area contributed by atoms with Crippen LogP contribution >= 0.6 is 23.1 Å². The molecule has 1 aliphatic heterocycles. The zero-order chi connectivity index (χ0) is 19.6. The molecule has 2 amide bonds. The van der Waals surface area contributed by atoms with Gasteiger partial charge in [0.15, 0.2) is 4.34 Å². The summed E-state index contributed by atoms with van der Waals surface area (Å²) in [5, 5.41) is 10.7. The molecule has 1 aliphatic rings. The number of carbonyl (C=O) groups excluding carboxylic acids is 2. The Morgan fingerprint density at radius 3 is 2.70 bits per heavy atom. The first-order valence-electron chi connectivity index (χ1n) is 8.24. The van der Waals surface area contributed by atoms with Gasteiger partial charge in [0.2, 0.25) is 16.9 Å². The van der Waals surface area contributed by atoms with E-state index in [4.69, 9.17) is 0 Å². The molecule has 0 radical (unpaired) electrons. The third-order valence-electron chi connectivity index (χ3n) is 3.95. The fourth-order valence-electron chi connectivity index (χ4n) is 2.66. The van der Waals surface area contributed by atoms with Crippen molar-refractivity contribution in [2.75, 3.05) is 11.1 Å². The van der Waals surface area contributed by atoms with Crippen LogP contribution in [0.1, 0.15) is 25.3 Å². The van der Waals surface area contributed by atoms with E-state index in [0.717, 1.165) is 11.3 Å². The molecule has 3 rings (SSSR count). The minimum Gasteiger partial charge on any atom is -0.299 e. The molecular weight excluding hydrogens is 408 g/mol. The van der Waals surface area contributed by atoms with Crippen LogP contribution in [0.15, 0.2) is 33.5 Å². The van der Waals surface area contributed by atoms with Gasteiger partial charge >= 0.3 is 0 Å². The van der Waals surface area contributed by atoms with Gasteiger partial charge in [-0.3, -0.25) is 14.9 Å². The van der Waals surface area contributed by atoms with E-state index >= 15 is 0 Å². The number of hydrogen-bond donors (Lipinski definition) is 1. The molecule has 1 aromatic heterocycles. The molecule has 0 spiro atoms. The number of nitrogens with zero attached hydrogens (tertiary/aromatic N) is 3. The van der Waals surface area contributed by atoms with Gasteiger partial charge in [0.1, 0.15) is 6.04 Å². The second-order valence-corrected chi connectivity index (χ2v) is 10.2. The number of hydrogen-bond acceptors (Lipinski definition) is 8. The van der Waals surface area contributed by atoms with Gasteiger partial charge in [-0.05, 0) is 31.2 Å². The SMILES string of the molecule is CCSc1nnc(NC(=O)[C@@H]2CCC(=O)N2S(=O)(=O)c2ccc(C)cc2)s1. The predicted molar refractivity (Wildman–Crippen MR) is 103 cm³/mol. The van der Waals surface area contributed by atoms with Crippen LogP contribution in [0.25, 0.3) is 0 Å². The van der Waals surface area contributed by atoms with Crippen molar-refractivity contribution in [3.05, 3.63) is 29.8 Å². The number of amides is 2. The summed E-state index contributed by atoms with van der Waals surface area (Å²) < 4.78 is 27.2. The van der Waals surface area contributed by atoms with Crippen LogP contribution < -0.4 is 5.32 Å². The van der Waals surface area contributed by atoms with Crippen LogP contribution in [0.5, 0.6) is 0 Å². The summed E-state index contributed by atoms with van der Waals surface area (Å²) in [5.74, 6) is -0.349. The molecule has 2 aromatic rings. The second kappa shape index (κ2) is 7.95. The molecule has 0 unspecified atom stereocenters. The maximum atomic E-state index is 12.9. The first kappa shape index (κ1) is 19.8. The van der Waals surface area contributed by atoms with Gasteiger partial charge in [0.25, 0.3) is 10.0 Å². The minimum atomic E-state index is -4.11. The van der Waals surface area contributed by atoms with Crippen LogP contribution in [-0.2, 0) is 19.6 Å². The third kappa shape index (κ3) is 4.14. The Hall–Kier alpha value is -1.98. The number of aryl methyl sites for hydroxylation is 1. The monoisotopic (exact) mass is 426 g/mol. The number of anilines is 1. The van der Waals surface area contributed by atoms with E-state index in [2.05, 4.69) is 15.5 Å². The van der Waals surface area contributed by atoms with Crippen LogP contribution in [0.2, 0.25) is 0 Å². The fourth-order valence-corrected chi connectivity index (χ4v) is 5.91. The molecule has 1 N–H and O–H groups in total. The van der Waals surface area contributed by atoms with Crippen molar-refractivity contribution in [1.82, 2.24) is 14.5 Å². The largest absolute Gasteiger partial charge is 0.299 e. The number of carbonyl (C=O) groups is 2. The van der Waals surface area contributed by atoms with Crippen molar-refractivity contribution >= 4 is 50.1 Å². The predicted octanol–water partition coefficient (Wildman–Crippen LogP) is 2.28. The maximum Gasteiger partial charge on any atom is 0.267 e. The van der Waals surface area contributed by atoms with E-state index < -0.39 is 27.9 Å². The van der Waals surface area contributed by atoms with E-state index in [1.807, 2.05) is 13.8 Å². The topological polar surface area (TPSA) is 109 Å². The molecule has 27 heavy (non-hydrogen) atoms. The van der Waals surface area contributed by atoms with E-state index in [9.17, 15) is 18.0 Å². The van der Waals surface area contributed by atoms with Crippen LogP contribution in [-0.4, -0.2) is 46.5 Å². The molecule has 11 heteroatoms. The molecule has 1 aromatic carbocycles. The number of benzene rings is 1. The summed E-state index contributed by atoms with van der Waals surface area (Å²) in [5.41, 5.74) is 0.896. The minimum absolute atomic E-state index is 0.00374. The van der Waals surface area contributed by atoms with Gasteiger partial charge in [0.05, 0.1) is 4.90 Å². The van der Waals surface area contributed by atoms with Crippen molar-refractivity contribution < 1.29 is 18.0 Å². The van der Waals surface area contributed by atoms with Crippen molar-refractivity contribution in [2.45, 2.75) is 42.0 Å². The molecule has 1 fully saturated rings. The van der Waals surface area contributed by atoms with Crippen molar-refractivity contribution in [2.24, 2.45) is 0 Å². The van der Waals surface area contributed by atoms with Gasteiger partial charge in [-0.15, -0.1) is 10.2 Å². The molecule has 2 heterocycles. The molecule has 0 bridgehead atoms. The van der Waals surface area contributed by atoms with E-state index in [1.165, 1.54) is 35.2 Å². The summed E-state index contributed by atoms with van der Waals surface area (Å²) >= 11 is 2.70. The van der Waals surface area contributed by atoms with Crippen molar-refractivity contribution in [1.29, 1.82) is 0 Å². The third-order valence-corrected chi connectivity index (χ3v) is 7.64. The zero-order valence-corrected chi connectivity index (χ0v) is 17.2. The highest BCUT2D eigenvalue weighted by atomic mass is 32.2. The lowest BCUT2D eigenvalue weighted by Gasteiger charge is -2.23. The van der Waals surface area contributed by atoms with Gasteiger partial charge < -0.3 is 0 Å². The lowest BCUT2D eigenvalue weighted by Crippen LogP contribution is -2.45. The van der Waals surface area contributed by atoms with Gasteiger partial charge in [-0.1, -0.05) is 47.7 Å². The summed E-state index contributed by atoms with van der Waals surface area (Å²) in [6.45, 7) is 3.81. The summed E-state index contributed by atoms with van der Waals surface area (Å²) in [7, 11) is -4.11. The van der Waals surface area contributed by atoms with Crippen LogP contribution in [0.3, 0.4) is 0 Å². The molecule has 0 aliphatic carbocycles. The Bertz CT molecular complexity index is 956. The fraction of sp³-hybridized carbons (Fsp3) is 0.375. The highest BCUT2D eigenvalue weighted by Gasteiger charge is 2.44. The quantitative estimate of drug-likeness (QED) is 0.557. The Labute approximate surface area is 165 Å². The second-order valence-electron chi connectivity index (χ2n) is 5.86. The van der Waals surface area contributed by atoms with Gasteiger partial charge in [-0.2, -0.15) is 0 Å². The Morgan fingerprint density at radius 2 is 2.04 bits per heavy atom. The summed E-state index contributed by atoms with van der Waals surface area (Å²) in [4.78, 5) is 24.9. The maximum absolute atomic E-state index is 12.9. The average Bonchev–Trinajstić information content (AvgIpc) is 3.22. The first-order chi connectivity index (χ1) is 12.8. The lowest BCUT2D eigenvalue weighted by molar-refractivity contribution is -0.128. The molecule has 1 saturated heterocycles. The normalized spacial score (nSPS) is 17.3. The average molecular weight is 427 g/mol. The number of aromatic nitrogens is 2. The Kier molecular flexibility index (Phi) is 5.82. The van der Waals surface area contributed by atoms with E-state index in [0.29, 0.717) is 8.64 Å². The number of thioether (sulfide) groups is 1. The number of rotatable bonds is 6. The number of sulfonamides is 1. The van der Waals surface area contributed by atoms with Crippen molar-refractivity contribution in [3.8, 4) is 0 Å². The molecule has 8 nitrogen and oxygen atoms in total. The van der Waals surface area contributed by atoms with Crippen molar-refractivity contribution in [3.63, 3.8) is 0 Å². The highest BCUT2D eigenvalue weighted by molar-refractivity contribution is 8.01. The first-order valence-corrected chi connectivity index (χ1v) is 11.5. The molecule has 144 valence electrons. The van der Waals surface area contributed by atoms with E-state index in [-0.39, 0.29) is 22.9 Å². The number of nitrogens with one attached hydrogen (secondary N) is 1. The van der Waals surface area contributed by atoms with E-state index in [1.54, 1.807) is 12.1 Å². The molecular formula is C16H18N4O4S3. The Morgan fingerprint density at radius 1 is 1.33 bits per heavy atom. The highest BCUT2D eigenvalue weighted by Crippen LogP contribution is 2.30. The van der Waals surface area contributed by atoms with Gasteiger partial charge in [0, 0.05) is 6.42 Å². The Balaban J connectivity index is 1.82. The van der Waals surface area contributed by atoms with Crippen LogP contribution in [0, 0.1) is 6.92 Å². The summed E-state index contributed by atoms with van der Waals surface area (Å²) in [6.07, 6.45) is 0.126. The van der Waals surface area contributed by atoms with Crippen LogP contribution in [0.4, 0.5) is 5.13 Å². The molecule has 1 atom stereocenters.